The Hall–Kier alpha value is -2.98. The quantitative estimate of drug-likeness (QED) is 0.643. The molecule has 0 spiro atoms. The normalized spacial score (nSPS) is 11.3. The van der Waals surface area contributed by atoms with Crippen molar-refractivity contribution < 1.29 is 32.0 Å². The summed E-state index contributed by atoms with van der Waals surface area (Å²) < 4.78 is 36.5. The zero-order valence-corrected chi connectivity index (χ0v) is 17.1. The number of sulfonamides is 1. The van der Waals surface area contributed by atoms with Crippen molar-refractivity contribution in [2.45, 2.75) is 25.7 Å². The van der Waals surface area contributed by atoms with Crippen LogP contribution in [0.5, 0.6) is 0 Å². The molecule has 0 saturated heterocycles. The number of imide groups is 1. The van der Waals surface area contributed by atoms with Gasteiger partial charge in [-0.1, -0.05) is 19.9 Å². The van der Waals surface area contributed by atoms with Gasteiger partial charge in [0.2, 0.25) is 10.0 Å². The smallest absolute Gasteiger partial charge is 0.338 e. The molecule has 1 N–H and O–H groups in total. The molecule has 29 heavy (non-hydrogen) atoms. The second kappa shape index (κ2) is 9.48. The van der Waals surface area contributed by atoms with E-state index in [0.717, 1.165) is 0 Å². The maximum absolute atomic E-state index is 12.8. The molecule has 0 saturated carbocycles. The molecule has 0 aliphatic heterocycles. The molecule has 0 aliphatic carbocycles. The van der Waals surface area contributed by atoms with E-state index in [4.69, 9.17) is 9.15 Å². The lowest BCUT2D eigenvalue weighted by molar-refractivity contribution is -0.123. The van der Waals surface area contributed by atoms with Gasteiger partial charge >= 0.3 is 5.97 Å². The summed E-state index contributed by atoms with van der Waals surface area (Å²) in [5.41, 5.74) is 0.460. The van der Waals surface area contributed by atoms with Crippen molar-refractivity contribution >= 4 is 27.8 Å². The summed E-state index contributed by atoms with van der Waals surface area (Å²) in [6.45, 7) is 4.93. The van der Waals surface area contributed by atoms with Crippen molar-refractivity contribution in [1.82, 2.24) is 9.62 Å². The fourth-order valence-electron chi connectivity index (χ4n) is 2.55. The van der Waals surface area contributed by atoms with E-state index in [-0.39, 0.29) is 29.3 Å². The Morgan fingerprint density at radius 2 is 1.83 bits per heavy atom. The van der Waals surface area contributed by atoms with Gasteiger partial charge in [0.15, 0.2) is 12.4 Å². The Labute approximate surface area is 168 Å². The molecular weight excluding hydrogens is 400 g/mol. The molecule has 156 valence electrons. The molecule has 1 aromatic carbocycles. The number of ether oxygens (including phenoxy) is 1. The molecule has 2 aromatic rings. The second-order valence-corrected chi connectivity index (χ2v) is 7.91. The minimum absolute atomic E-state index is 0.00639. The van der Waals surface area contributed by atoms with E-state index in [1.807, 2.05) is 5.32 Å². The number of carbonyl (C=O) groups is 3. The fraction of sp³-hybridized carbons (Fsp3) is 0.316. The molecule has 0 radical (unpaired) electrons. The monoisotopic (exact) mass is 422 g/mol. The summed E-state index contributed by atoms with van der Waals surface area (Å²) in [4.78, 5) is 35.7. The molecule has 0 bridgehead atoms. The maximum atomic E-state index is 12.8. The topological polar surface area (TPSA) is 123 Å². The number of hydrogen-bond donors (Lipinski definition) is 1. The highest BCUT2D eigenvalue weighted by Crippen LogP contribution is 2.21. The Morgan fingerprint density at radius 3 is 2.41 bits per heavy atom. The van der Waals surface area contributed by atoms with Crippen molar-refractivity contribution in [2.24, 2.45) is 0 Å². The van der Waals surface area contributed by atoms with Crippen LogP contribution in [0.1, 0.15) is 40.3 Å². The molecule has 1 heterocycles. The van der Waals surface area contributed by atoms with Gasteiger partial charge in [0, 0.05) is 13.1 Å². The van der Waals surface area contributed by atoms with Gasteiger partial charge in [-0.25, -0.2) is 13.2 Å². The van der Waals surface area contributed by atoms with Gasteiger partial charge in [-0.05, 0) is 36.8 Å². The first-order chi connectivity index (χ1) is 13.7. The first kappa shape index (κ1) is 22.3. The summed E-state index contributed by atoms with van der Waals surface area (Å²) in [5.74, 6) is -2.56. The van der Waals surface area contributed by atoms with Gasteiger partial charge in [-0.2, -0.15) is 4.31 Å². The van der Waals surface area contributed by atoms with Crippen molar-refractivity contribution in [1.29, 1.82) is 0 Å². The number of benzene rings is 1. The van der Waals surface area contributed by atoms with Gasteiger partial charge in [0.05, 0.1) is 16.7 Å². The summed E-state index contributed by atoms with van der Waals surface area (Å²) in [7, 11) is -3.77. The Kier molecular flexibility index (Phi) is 7.29. The van der Waals surface area contributed by atoms with Crippen LogP contribution in [0.25, 0.3) is 0 Å². The zero-order valence-electron chi connectivity index (χ0n) is 16.3. The standard InChI is InChI=1S/C19H22N2O7S/c1-4-21(5-2)29(25,26)16-11-14(9-8-13(16)3)19(24)28-12-17(22)20-18(23)15-7-6-10-27-15/h6-11H,4-5,12H2,1-3H3,(H,20,22,23). The predicted octanol–water partition coefficient (Wildman–Crippen LogP) is 1.73. The largest absolute Gasteiger partial charge is 0.459 e. The summed E-state index contributed by atoms with van der Waals surface area (Å²) in [6.07, 6.45) is 1.28. The highest BCUT2D eigenvalue weighted by atomic mass is 32.2. The Bertz CT molecular complexity index is 994. The van der Waals surface area contributed by atoms with E-state index >= 15 is 0 Å². The molecule has 10 heteroatoms. The molecule has 2 amide bonds. The van der Waals surface area contributed by atoms with E-state index in [0.29, 0.717) is 5.56 Å². The third-order valence-electron chi connectivity index (χ3n) is 4.08. The van der Waals surface area contributed by atoms with Crippen LogP contribution in [0.3, 0.4) is 0 Å². The lowest BCUT2D eigenvalue weighted by Crippen LogP contribution is -2.34. The lowest BCUT2D eigenvalue weighted by atomic mass is 10.1. The van der Waals surface area contributed by atoms with Gasteiger partial charge in [-0.3, -0.25) is 14.9 Å². The number of hydrogen-bond acceptors (Lipinski definition) is 7. The average Bonchev–Trinajstić information content (AvgIpc) is 3.22. The molecule has 1 aromatic heterocycles. The van der Waals surface area contributed by atoms with E-state index in [9.17, 15) is 22.8 Å². The third kappa shape index (κ3) is 5.30. The molecule has 0 atom stereocenters. The van der Waals surface area contributed by atoms with Crippen LogP contribution in [-0.2, 0) is 19.6 Å². The predicted molar refractivity (Wildman–Crippen MR) is 103 cm³/mol. The number of nitrogens with one attached hydrogen (secondary N) is 1. The van der Waals surface area contributed by atoms with Crippen LogP contribution in [0.4, 0.5) is 0 Å². The van der Waals surface area contributed by atoms with Crippen molar-refractivity contribution in [3.05, 3.63) is 53.5 Å². The number of amides is 2. The van der Waals surface area contributed by atoms with Crippen LogP contribution in [0, 0.1) is 6.92 Å². The highest BCUT2D eigenvalue weighted by Gasteiger charge is 2.25. The van der Waals surface area contributed by atoms with Crippen LogP contribution >= 0.6 is 0 Å². The van der Waals surface area contributed by atoms with Crippen molar-refractivity contribution in [3.8, 4) is 0 Å². The van der Waals surface area contributed by atoms with E-state index in [1.165, 1.54) is 40.9 Å². The zero-order chi connectivity index (χ0) is 21.6. The lowest BCUT2D eigenvalue weighted by Gasteiger charge is -2.20. The Balaban J connectivity index is 2.08. The van der Waals surface area contributed by atoms with Crippen LogP contribution in [-0.4, -0.2) is 50.2 Å². The molecule has 0 aliphatic rings. The first-order valence-electron chi connectivity index (χ1n) is 8.86. The number of esters is 1. The van der Waals surface area contributed by atoms with Crippen LogP contribution in [0.15, 0.2) is 45.9 Å². The molecular formula is C19H22N2O7S. The number of furan rings is 1. The SMILES string of the molecule is CCN(CC)S(=O)(=O)c1cc(C(=O)OCC(=O)NC(=O)c2ccco2)ccc1C. The van der Waals surface area contributed by atoms with E-state index in [2.05, 4.69) is 0 Å². The number of rotatable bonds is 8. The third-order valence-corrected chi connectivity index (χ3v) is 6.27. The minimum Gasteiger partial charge on any atom is -0.459 e. The summed E-state index contributed by atoms with van der Waals surface area (Å²) in [6, 6.07) is 6.98. The second-order valence-electron chi connectivity index (χ2n) is 6.00. The van der Waals surface area contributed by atoms with Crippen molar-refractivity contribution in [3.63, 3.8) is 0 Å². The maximum Gasteiger partial charge on any atom is 0.338 e. The molecule has 9 nitrogen and oxygen atoms in total. The van der Waals surface area contributed by atoms with E-state index < -0.39 is 34.4 Å². The molecule has 0 fully saturated rings. The van der Waals surface area contributed by atoms with Gasteiger partial charge in [0.25, 0.3) is 11.8 Å². The van der Waals surface area contributed by atoms with Gasteiger partial charge < -0.3 is 9.15 Å². The molecule has 0 unspecified atom stereocenters. The highest BCUT2D eigenvalue weighted by molar-refractivity contribution is 7.89. The first-order valence-corrected chi connectivity index (χ1v) is 10.3. The average molecular weight is 422 g/mol. The van der Waals surface area contributed by atoms with Gasteiger partial charge in [-0.15, -0.1) is 0 Å². The number of nitrogens with zero attached hydrogens (tertiary/aromatic N) is 1. The van der Waals surface area contributed by atoms with Crippen LogP contribution < -0.4 is 5.32 Å². The molecule has 2 rings (SSSR count). The minimum atomic E-state index is -3.77. The number of aryl methyl sites for hydroxylation is 1. The van der Waals surface area contributed by atoms with E-state index in [1.54, 1.807) is 20.8 Å². The Morgan fingerprint density at radius 1 is 1.14 bits per heavy atom. The van der Waals surface area contributed by atoms with Crippen molar-refractivity contribution in [2.75, 3.05) is 19.7 Å². The fourth-order valence-corrected chi connectivity index (χ4v) is 4.26. The summed E-state index contributed by atoms with van der Waals surface area (Å²) in [5, 5.41) is 2.01. The summed E-state index contributed by atoms with van der Waals surface area (Å²) >= 11 is 0. The van der Waals surface area contributed by atoms with Crippen LogP contribution in [0.2, 0.25) is 0 Å². The van der Waals surface area contributed by atoms with Gasteiger partial charge in [0.1, 0.15) is 0 Å². The number of carbonyl (C=O) groups excluding carboxylic acids is 3.